The van der Waals surface area contributed by atoms with Gasteiger partial charge < -0.3 is 5.32 Å². The number of hydrogen-bond acceptors (Lipinski definition) is 3. The zero-order valence-electron chi connectivity index (χ0n) is 12.6. The van der Waals surface area contributed by atoms with Crippen LogP contribution in [0.2, 0.25) is 20.1 Å². The van der Waals surface area contributed by atoms with E-state index in [9.17, 15) is 4.79 Å². The fourth-order valence-electron chi connectivity index (χ4n) is 2.13. The molecule has 1 N–H and O–H groups in total. The number of benzene rings is 1. The molecular formula is C15H11Cl4N5O. The number of amides is 1. The number of nitrogens with zero attached hydrogens (tertiary/aromatic N) is 4. The molecule has 0 saturated carbocycles. The molecule has 0 aliphatic rings. The molecular weight excluding hydrogens is 408 g/mol. The summed E-state index contributed by atoms with van der Waals surface area (Å²) in [7, 11) is 0. The molecule has 25 heavy (non-hydrogen) atoms. The molecule has 3 aromatic rings. The number of nitrogens with one attached hydrogen (secondary N) is 1. The first-order valence-corrected chi connectivity index (χ1v) is 8.56. The summed E-state index contributed by atoms with van der Waals surface area (Å²) in [6, 6.07) is 5.20. The van der Waals surface area contributed by atoms with Gasteiger partial charge >= 0.3 is 0 Å². The maximum absolute atomic E-state index is 12.0. The molecule has 0 saturated heterocycles. The van der Waals surface area contributed by atoms with Gasteiger partial charge in [-0.2, -0.15) is 10.2 Å². The lowest BCUT2D eigenvalue weighted by Gasteiger charge is -2.05. The number of carbonyl (C=O) groups is 1. The van der Waals surface area contributed by atoms with E-state index in [2.05, 4.69) is 15.5 Å². The fourth-order valence-corrected chi connectivity index (χ4v) is 2.95. The molecule has 0 atom stereocenters. The van der Waals surface area contributed by atoms with Crippen molar-refractivity contribution < 1.29 is 4.79 Å². The Morgan fingerprint density at radius 2 is 1.84 bits per heavy atom. The molecule has 0 aliphatic carbocycles. The predicted octanol–water partition coefficient (Wildman–Crippen LogP) is 4.38. The van der Waals surface area contributed by atoms with Crippen molar-refractivity contribution in [3.8, 4) is 0 Å². The summed E-state index contributed by atoms with van der Waals surface area (Å²) in [6.45, 7) is 0.388. The van der Waals surface area contributed by atoms with Crippen LogP contribution in [0.5, 0.6) is 0 Å². The number of rotatable bonds is 5. The smallest absolute Gasteiger partial charge is 0.247 e. The number of aromatic nitrogens is 4. The largest absolute Gasteiger partial charge is 0.306 e. The Labute approximate surface area is 163 Å². The molecule has 0 unspecified atom stereocenters. The van der Waals surface area contributed by atoms with Crippen LogP contribution in [-0.4, -0.2) is 25.5 Å². The maximum Gasteiger partial charge on any atom is 0.247 e. The van der Waals surface area contributed by atoms with E-state index in [1.807, 2.05) is 0 Å². The normalized spacial score (nSPS) is 10.9. The number of carbonyl (C=O) groups excluding carboxylic acids is 1. The summed E-state index contributed by atoms with van der Waals surface area (Å²) in [4.78, 5) is 12.0. The van der Waals surface area contributed by atoms with Crippen molar-refractivity contribution >= 4 is 58.1 Å². The van der Waals surface area contributed by atoms with E-state index in [-0.39, 0.29) is 18.3 Å². The van der Waals surface area contributed by atoms with E-state index in [0.29, 0.717) is 26.6 Å². The van der Waals surface area contributed by atoms with Crippen molar-refractivity contribution in [3.63, 3.8) is 0 Å². The Bertz CT molecular complexity index is 921. The van der Waals surface area contributed by atoms with Crippen LogP contribution in [0.15, 0.2) is 36.8 Å². The standard InChI is InChI=1S/C15H11Cl4N5O/c16-10-2-1-9(12(18)3-10)5-24-7-13(19)15(22-24)21-14(25)8-23-6-11(17)4-20-23/h1-4,6-7H,5,8H2,(H,21,22,25). The topological polar surface area (TPSA) is 64.7 Å². The van der Waals surface area contributed by atoms with Gasteiger partial charge in [-0.05, 0) is 17.7 Å². The van der Waals surface area contributed by atoms with Gasteiger partial charge in [0.2, 0.25) is 5.91 Å². The van der Waals surface area contributed by atoms with E-state index >= 15 is 0 Å². The van der Waals surface area contributed by atoms with Gasteiger partial charge in [0, 0.05) is 22.4 Å². The Hall–Kier alpha value is -1.73. The average Bonchev–Trinajstić information content (AvgIpc) is 3.08. The lowest BCUT2D eigenvalue weighted by Crippen LogP contribution is -2.19. The lowest BCUT2D eigenvalue weighted by atomic mass is 10.2. The first-order chi connectivity index (χ1) is 11.9. The summed E-state index contributed by atoms with van der Waals surface area (Å²) in [5.74, 6) is -0.0635. The fraction of sp³-hybridized carbons (Fsp3) is 0.133. The Balaban J connectivity index is 1.68. The van der Waals surface area contributed by atoms with Crippen LogP contribution in [0.1, 0.15) is 5.56 Å². The highest BCUT2D eigenvalue weighted by Crippen LogP contribution is 2.24. The molecule has 130 valence electrons. The maximum atomic E-state index is 12.0. The second-order valence-electron chi connectivity index (χ2n) is 5.16. The molecule has 1 aromatic carbocycles. The summed E-state index contributed by atoms with van der Waals surface area (Å²) >= 11 is 23.9. The van der Waals surface area contributed by atoms with Crippen LogP contribution in [0, 0.1) is 0 Å². The van der Waals surface area contributed by atoms with E-state index < -0.39 is 0 Å². The summed E-state index contributed by atoms with van der Waals surface area (Å²) < 4.78 is 2.99. The highest BCUT2D eigenvalue weighted by atomic mass is 35.5. The molecule has 10 heteroatoms. The van der Waals surface area contributed by atoms with Gasteiger partial charge in [0.1, 0.15) is 11.6 Å². The molecule has 0 fully saturated rings. The van der Waals surface area contributed by atoms with Crippen LogP contribution >= 0.6 is 46.4 Å². The van der Waals surface area contributed by atoms with Crippen molar-refractivity contribution in [2.45, 2.75) is 13.1 Å². The highest BCUT2D eigenvalue weighted by Gasteiger charge is 2.13. The Morgan fingerprint density at radius 1 is 1.04 bits per heavy atom. The minimum Gasteiger partial charge on any atom is -0.306 e. The predicted molar refractivity (Wildman–Crippen MR) is 98.7 cm³/mol. The zero-order valence-corrected chi connectivity index (χ0v) is 15.6. The van der Waals surface area contributed by atoms with Gasteiger partial charge in [0.05, 0.1) is 17.8 Å². The van der Waals surface area contributed by atoms with Gasteiger partial charge in [-0.3, -0.25) is 14.2 Å². The molecule has 1 amide bonds. The minimum atomic E-state index is -0.323. The van der Waals surface area contributed by atoms with Crippen LogP contribution in [0.3, 0.4) is 0 Å². The van der Waals surface area contributed by atoms with E-state index in [1.54, 1.807) is 35.3 Å². The lowest BCUT2D eigenvalue weighted by molar-refractivity contribution is -0.116. The molecule has 2 heterocycles. The molecule has 3 rings (SSSR count). The minimum absolute atomic E-state index is 0.00107. The summed E-state index contributed by atoms with van der Waals surface area (Å²) in [6.07, 6.45) is 4.60. The summed E-state index contributed by atoms with van der Waals surface area (Å²) in [5, 5.41) is 12.7. The van der Waals surface area contributed by atoms with Crippen LogP contribution in [-0.2, 0) is 17.9 Å². The molecule has 2 aromatic heterocycles. The van der Waals surface area contributed by atoms with Crippen molar-refractivity contribution in [1.29, 1.82) is 0 Å². The van der Waals surface area contributed by atoms with Crippen molar-refractivity contribution in [3.05, 3.63) is 62.4 Å². The molecule has 0 spiro atoms. The molecule has 0 aliphatic heterocycles. The van der Waals surface area contributed by atoms with Crippen LogP contribution < -0.4 is 5.32 Å². The zero-order chi connectivity index (χ0) is 18.0. The third kappa shape index (κ3) is 4.67. The van der Waals surface area contributed by atoms with Gasteiger partial charge in [-0.25, -0.2) is 0 Å². The number of halogens is 4. The van der Waals surface area contributed by atoms with Crippen LogP contribution in [0.25, 0.3) is 0 Å². The number of hydrogen-bond donors (Lipinski definition) is 1. The van der Waals surface area contributed by atoms with Gasteiger partial charge in [-0.15, -0.1) is 0 Å². The SMILES string of the molecule is O=C(Cn1cc(Cl)cn1)Nc1nn(Cc2ccc(Cl)cc2Cl)cc1Cl. The quantitative estimate of drug-likeness (QED) is 0.668. The molecule has 0 radical (unpaired) electrons. The highest BCUT2D eigenvalue weighted by molar-refractivity contribution is 6.35. The van der Waals surface area contributed by atoms with Crippen molar-refractivity contribution in [1.82, 2.24) is 19.6 Å². The molecule has 0 bridgehead atoms. The first-order valence-electron chi connectivity index (χ1n) is 7.05. The second-order valence-corrected chi connectivity index (χ2v) is 6.85. The molecule has 6 nitrogen and oxygen atoms in total. The van der Waals surface area contributed by atoms with Gasteiger partial charge in [0.25, 0.3) is 0 Å². The van der Waals surface area contributed by atoms with Crippen molar-refractivity contribution in [2.24, 2.45) is 0 Å². The first kappa shape index (κ1) is 18.1. The Morgan fingerprint density at radius 3 is 2.52 bits per heavy atom. The third-order valence-corrected chi connectivity index (χ3v) is 4.29. The number of anilines is 1. The average molecular weight is 419 g/mol. The second kappa shape index (κ2) is 7.66. The van der Waals surface area contributed by atoms with E-state index in [4.69, 9.17) is 46.4 Å². The van der Waals surface area contributed by atoms with Crippen molar-refractivity contribution in [2.75, 3.05) is 5.32 Å². The van der Waals surface area contributed by atoms with Gasteiger partial charge in [-0.1, -0.05) is 52.5 Å². The monoisotopic (exact) mass is 417 g/mol. The van der Waals surface area contributed by atoms with Crippen LogP contribution in [0.4, 0.5) is 5.82 Å². The van der Waals surface area contributed by atoms with Gasteiger partial charge in [0.15, 0.2) is 5.82 Å². The third-order valence-electron chi connectivity index (χ3n) is 3.23. The van der Waals surface area contributed by atoms with E-state index in [1.165, 1.54) is 10.9 Å². The summed E-state index contributed by atoms with van der Waals surface area (Å²) in [5.41, 5.74) is 0.828. The Kier molecular flexibility index (Phi) is 5.54. The van der Waals surface area contributed by atoms with E-state index in [0.717, 1.165) is 5.56 Å².